The summed E-state index contributed by atoms with van der Waals surface area (Å²) in [7, 11) is 0.140. The number of nitrogens with zero attached hydrogens (tertiary/aromatic N) is 2. The van der Waals surface area contributed by atoms with Crippen molar-refractivity contribution < 1.29 is 17.9 Å². The molecule has 158 valence electrons. The minimum absolute atomic E-state index is 0.175. The maximum Gasteiger partial charge on any atom is 0.261 e. The van der Waals surface area contributed by atoms with Crippen molar-refractivity contribution in [2.75, 3.05) is 42.6 Å². The zero-order chi connectivity index (χ0) is 21.4. The predicted molar refractivity (Wildman–Crippen MR) is 117 cm³/mol. The van der Waals surface area contributed by atoms with E-state index in [2.05, 4.69) is 10.2 Å². The van der Waals surface area contributed by atoms with E-state index in [1.807, 2.05) is 44.3 Å². The second-order valence-electron chi connectivity index (χ2n) is 6.79. The standard InChI is InChI=1S/C21H29N3O4S/c1-5-20(21(25)22-15-16-23(2)17-9-7-6-8-10-17)28-19-13-11-18(12-14-19)24(3)29(4,26)27/h6-14,20H,5,15-16H2,1-4H3,(H,22,25)/t20-/m0/s1. The van der Waals surface area contributed by atoms with Gasteiger partial charge in [-0.05, 0) is 42.8 Å². The molecule has 0 bridgehead atoms. The quantitative estimate of drug-likeness (QED) is 0.640. The molecule has 0 saturated heterocycles. The summed E-state index contributed by atoms with van der Waals surface area (Å²) < 4.78 is 30.2. The first-order valence-electron chi connectivity index (χ1n) is 9.47. The Morgan fingerprint density at radius 2 is 1.66 bits per heavy atom. The lowest BCUT2D eigenvalue weighted by atomic mass is 10.2. The van der Waals surface area contributed by atoms with Crippen LogP contribution in [0.25, 0.3) is 0 Å². The number of hydrogen-bond acceptors (Lipinski definition) is 5. The summed E-state index contributed by atoms with van der Waals surface area (Å²) >= 11 is 0. The van der Waals surface area contributed by atoms with E-state index in [0.29, 0.717) is 30.9 Å². The Kier molecular flexibility index (Phi) is 7.90. The lowest BCUT2D eigenvalue weighted by Gasteiger charge is -2.21. The average Bonchev–Trinajstić information content (AvgIpc) is 2.71. The van der Waals surface area contributed by atoms with Crippen LogP contribution < -0.4 is 19.3 Å². The molecule has 1 atom stereocenters. The van der Waals surface area contributed by atoms with Gasteiger partial charge in [-0.3, -0.25) is 9.10 Å². The van der Waals surface area contributed by atoms with Gasteiger partial charge in [0.25, 0.3) is 5.91 Å². The maximum absolute atomic E-state index is 12.5. The van der Waals surface area contributed by atoms with Gasteiger partial charge in [0.2, 0.25) is 10.0 Å². The van der Waals surface area contributed by atoms with E-state index in [4.69, 9.17) is 4.74 Å². The molecule has 0 aromatic heterocycles. The van der Waals surface area contributed by atoms with Crippen LogP contribution in [0, 0.1) is 0 Å². The van der Waals surface area contributed by atoms with Gasteiger partial charge >= 0.3 is 0 Å². The lowest BCUT2D eigenvalue weighted by molar-refractivity contribution is -0.128. The number of benzene rings is 2. The van der Waals surface area contributed by atoms with Gasteiger partial charge in [0.15, 0.2) is 6.10 Å². The number of likely N-dealkylation sites (N-methyl/N-ethyl adjacent to an activating group) is 1. The summed E-state index contributed by atoms with van der Waals surface area (Å²) in [5.41, 5.74) is 1.62. The molecule has 0 unspecified atom stereocenters. The van der Waals surface area contributed by atoms with Crippen LogP contribution in [0.2, 0.25) is 0 Å². The van der Waals surface area contributed by atoms with Gasteiger partial charge in [-0.1, -0.05) is 25.1 Å². The van der Waals surface area contributed by atoms with Crippen LogP contribution in [-0.2, 0) is 14.8 Å². The molecule has 8 heteroatoms. The van der Waals surface area contributed by atoms with E-state index in [1.54, 1.807) is 24.3 Å². The van der Waals surface area contributed by atoms with Gasteiger partial charge in [0, 0.05) is 32.9 Å². The highest BCUT2D eigenvalue weighted by molar-refractivity contribution is 7.92. The van der Waals surface area contributed by atoms with Gasteiger partial charge in [0.05, 0.1) is 11.9 Å². The molecule has 1 N–H and O–H groups in total. The fourth-order valence-electron chi connectivity index (χ4n) is 2.68. The molecule has 2 aromatic carbocycles. The lowest BCUT2D eigenvalue weighted by Crippen LogP contribution is -2.41. The summed E-state index contributed by atoms with van der Waals surface area (Å²) in [5.74, 6) is 0.338. The second-order valence-corrected chi connectivity index (χ2v) is 8.80. The highest BCUT2D eigenvalue weighted by Crippen LogP contribution is 2.21. The molecular weight excluding hydrogens is 390 g/mol. The third-order valence-corrected chi connectivity index (χ3v) is 5.79. The van der Waals surface area contributed by atoms with Crippen LogP contribution >= 0.6 is 0 Å². The molecule has 0 radical (unpaired) electrons. The van der Waals surface area contributed by atoms with E-state index < -0.39 is 16.1 Å². The number of sulfonamides is 1. The van der Waals surface area contributed by atoms with Crippen molar-refractivity contribution in [3.63, 3.8) is 0 Å². The number of ether oxygens (including phenoxy) is 1. The van der Waals surface area contributed by atoms with Crippen LogP contribution in [0.15, 0.2) is 54.6 Å². The maximum atomic E-state index is 12.5. The Morgan fingerprint density at radius 3 is 2.21 bits per heavy atom. The average molecular weight is 420 g/mol. The van der Waals surface area contributed by atoms with Crippen LogP contribution in [0.3, 0.4) is 0 Å². The van der Waals surface area contributed by atoms with Crippen molar-refractivity contribution in [2.24, 2.45) is 0 Å². The molecule has 2 aromatic rings. The molecule has 1 amide bonds. The van der Waals surface area contributed by atoms with E-state index in [9.17, 15) is 13.2 Å². The number of anilines is 2. The second kappa shape index (κ2) is 10.2. The summed E-state index contributed by atoms with van der Waals surface area (Å²) in [6.45, 7) is 3.06. The number of amides is 1. The van der Waals surface area contributed by atoms with Crippen molar-refractivity contribution in [1.29, 1.82) is 0 Å². The summed E-state index contributed by atoms with van der Waals surface area (Å²) in [6, 6.07) is 16.6. The van der Waals surface area contributed by atoms with E-state index in [-0.39, 0.29) is 5.91 Å². The summed E-state index contributed by atoms with van der Waals surface area (Å²) in [5, 5.41) is 2.91. The first-order valence-corrected chi connectivity index (χ1v) is 11.3. The van der Waals surface area contributed by atoms with Crippen LogP contribution in [-0.4, -0.2) is 53.9 Å². The summed E-state index contributed by atoms with van der Waals surface area (Å²) in [6.07, 6.45) is 1.05. The topological polar surface area (TPSA) is 78.9 Å². The molecule has 0 fully saturated rings. The minimum atomic E-state index is -3.32. The molecule has 0 aliphatic rings. The number of rotatable bonds is 10. The van der Waals surface area contributed by atoms with Crippen molar-refractivity contribution in [3.05, 3.63) is 54.6 Å². The molecule has 7 nitrogen and oxygen atoms in total. The number of nitrogens with one attached hydrogen (secondary N) is 1. The van der Waals surface area contributed by atoms with Gasteiger partial charge in [0.1, 0.15) is 5.75 Å². The van der Waals surface area contributed by atoms with Crippen molar-refractivity contribution in [2.45, 2.75) is 19.4 Å². The monoisotopic (exact) mass is 419 g/mol. The van der Waals surface area contributed by atoms with Crippen LogP contribution in [0.4, 0.5) is 11.4 Å². The van der Waals surface area contributed by atoms with Gasteiger partial charge in [-0.25, -0.2) is 8.42 Å². The minimum Gasteiger partial charge on any atom is -0.481 e. The zero-order valence-corrected chi connectivity index (χ0v) is 18.1. The third-order valence-electron chi connectivity index (χ3n) is 4.58. The molecule has 0 aliphatic carbocycles. The number of carbonyl (C=O) groups is 1. The first-order chi connectivity index (χ1) is 13.7. The zero-order valence-electron chi connectivity index (χ0n) is 17.3. The molecule has 0 heterocycles. The Balaban J connectivity index is 1.88. The largest absolute Gasteiger partial charge is 0.481 e. The van der Waals surface area contributed by atoms with Crippen molar-refractivity contribution in [3.8, 4) is 5.75 Å². The Labute approximate surface area is 173 Å². The fraction of sp³-hybridized carbons (Fsp3) is 0.381. The molecule has 2 rings (SSSR count). The molecule has 0 aliphatic heterocycles. The Morgan fingerprint density at radius 1 is 1.03 bits per heavy atom. The van der Waals surface area contributed by atoms with Crippen LogP contribution in [0.1, 0.15) is 13.3 Å². The SMILES string of the molecule is CC[C@H](Oc1ccc(N(C)S(C)(=O)=O)cc1)C(=O)NCCN(C)c1ccccc1. The normalized spacial score (nSPS) is 12.1. The van der Waals surface area contributed by atoms with E-state index in [0.717, 1.165) is 11.9 Å². The van der Waals surface area contributed by atoms with Gasteiger partial charge in [-0.2, -0.15) is 0 Å². The third kappa shape index (κ3) is 6.67. The first kappa shape index (κ1) is 22.5. The Bertz CT molecular complexity index is 886. The van der Waals surface area contributed by atoms with Gasteiger partial charge in [-0.15, -0.1) is 0 Å². The molecule has 0 spiro atoms. The molecule has 29 heavy (non-hydrogen) atoms. The Hall–Kier alpha value is -2.74. The van der Waals surface area contributed by atoms with E-state index in [1.165, 1.54) is 11.4 Å². The summed E-state index contributed by atoms with van der Waals surface area (Å²) in [4.78, 5) is 14.5. The number of carbonyl (C=O) groups excluding carboxylic acids is 1. The highest BCUT2D eigenvalue weighted by Gasteiger charge is 2.18. The number of para-hydroxylation sites is 1. The highest BCUT2D eigenvalue weighted by atomic mass is 32.2. The predicted octanol–water partition coefficient (Wildman–Crippen LogP) is 2.49. The molecular formula is C21H29N3O4S. The van der Waals surface area contributed by atoms with Crippen LogP contribution in [0.5, 0.6) is 5.75 Å². The fourth-order valence-corrected chi connectivity index (χ4v) is 3.19. The molecule has 0 saturated carbocycles. The number of hydrogen-bond donors (Lipinski definition) is 1. The van der Waals surface area contributed by atoms with E-state index >= 15 is 0 Å². The van der Waals surface area contributed by atoms with Crippen molar-refractivity contribution >= 4 is 27.3 Å². The van der Waals surface area contributed by atoms with Crippen molar-refractivity contribution in [1.82, 2.24) is 5.32 Å². The smallest absolute Gasteiger partial charge is 0.261 e. The van der Waals surface area contributed by atoms with Gasteiger partial charge < -0.3 is 15.0 Å².